The SMILES string of the molecule is Fc1cc(-n2cnnc2Cl)c(F)cc1Br. The minimum atomic E-state index is -0.620. The highest BCUT2D eigenvalue weighted by molar-refractivity contribution is 9.10. The first-order chi connectivity index (χ1) is 7.09. The molecule has 0 spiro atoms. The number of rotatable bonds is 1. The van der Waals surface area contributed by atoms with Crippen molar-refractivity contribution < 1.29 is 8.78 Å². The molecule has 1 aromatic carbocycles. The molecule has 0 amide bonds. The van der Waals surface area contributed by atoms with Crippen LogP contribution in [-0.2, 0) is 0 Å². The number of hydrogen-bond acceptors (Lipinski definition) is 2. The average molecular weight is 294 g/mol. The summed E-state index contributed by atoms with van der Waals surface area (Å²) in [7, 11) is 0. The molecule has 1 aromatic heterocycles. The van der Waals surface area contributed by atoms with Crippen molar-refractivity contribution in [1.29, 1.82) is 0 Å². The molecule has 0 unspecified atom stereocenters. The predicted molar refractivity (Wildman–Crippen MR) is 54.0 cm³/mol. The number of nitrogens with zero attached hydrogens (tertiary/aromatic N) is 3. The van der Waals surface area contributed by atoms with Gasteiger partial charge in [-0.05, 0) is 33.6 Å². The zero-order chi connectivity index (χ0) is 11.0. The molecular weight excluding hydrogens is 291 g/mol. The molecule has 1 heterocycles. The Morgan fingerprint density at radius 1 is 1.27 bits per heavy atom. The molecule has 15 heavy (non-hydrogen) atoms. The normalized spacial score (nSPS) is 10.7. The molecule has 0 atom stereocenters. The third-order valence-electron chi connectivity index (χ3n) is 1.76. The minimum Gasteiger partial charge on any atom is -0.269 e. The van der Waals surface area contributed by atoms with Crippen molar-refractivity contribution >= 4 is 27.5 Å². The van der Waals surface area contributed by atoms with Gasteiger partial charge in [-0.2, -0.15) is 0 Å². The van der Waals surface area contributed by atoms with E-state index in [9.17, 15) is 8.78 Å². The Morgan fingerprint density at radius 2 is 2.00 bits per heavy atom. The topological polar surface area (TPSA) is 30.7 Å². The summed E-state index contributed by atoms with van der Waals surface area (Å²) in [6, 6.07) is 2.02. The van der Waals surface area contributed by atoms with Gasteiger partial charge in [0.2, 0.25) is 5.28 Å². The fourth-order valence-electron chi connectivity index (χ4n) is 1.08. The van der Waals surface area contributed by atoms with Crippen molar-refractivity contribution in [3.05, 3.63) is 39.9 Å². The van der Waals surface area contributed by atoms with Crippen LogP contribution >= 0.6 is 27.5 Å². The molecule has 0 saturated carbocycles. The second-order valence-electron chi connectivity index (χ2n) is 2.69. The van der Waals surface area contributed by atoms with Crippen LogP contribution in [0.1, 0.15) is 0 Å². The first-order valence-electron chi connectivity index (χ1n) is 3.80. The zero-order valence-corrected chi connectivity index (χ0v) is 9.43. The Bertz CT molecular complexity index is 515. The van der Waals surface area contributed by atoms with Gasteiger partial charge in [0, 0.05) is 6.07 Å². The van der Waals surface area contributed by atoms with Gasteiger partial charge in [-0.1, -0.05) is 0 Å². The first-order valence-corrected chi connectivity index (χ1v) is 4.97. The van der Waals surface area contributed by atoms with Crippen LogP contribution in [0.15, 0.2) is 22.9 Å². The van der Waals surface area contributed by atoms with Crippen LogP contribution in [0.4, 0.5) is 8.78 Å². The molecule has 0 N–H and O–H groups in total. The van der Waals surface area contributed by atoms with E-state index in [1.807, 2.05) is 0 Å². The molecule has 7 heteroatoms. The number of hydrogen-bond donors (Lipinski definition) is 0. The maximum absolute atomic E-state index is 13.4. The molecule has 0 fully saturated rings. The Morgan fingerprint density at radius 3 is 2.60 bits per heavy atom. The monoisotopic (exact) mass is 293 g/mol. The van der Waals surface area contributed by atoms with E-state index in [1.54, 1.807) is 0 Å². The summed E-state index contributed by atoms with van der Waals surface area (Å²) in [6.45, 7) is 0. The van der Waals surface area contributed by atoms with E-state index in [2.05, 4.69) is 26.1 Å². The fraction of sp³-hybridized carbons (Fsp3) is 0. The largest absolute Gasteiger partial charge is 0.269 e. The number of aromatic nitrogens is 3. The van der Waals surface area contributed by atoms with E-state index in [-0.39, 0.29) is 15.4 Å². The van der Waals surface area contributed by atoms with Crippen molar-refractivity contribution in [2.75, 3.05) is 0 Å². The maximum Gasteiger partial charge on any atom is 0.229 e. The second-order valence-corrected chi connectivity index (χ2v) is 3.88. The third kappa shape index (κ3) is 1.87. The van der Waals surface area contributed by atoms with Crippen LogP contribution < -0.4 is 0 Å². The quantitative estimate of drug-likeness (QED) is 0.757. The van der Waals surface area contributed by atoms with Gasteiger partial charge in [0.1, 0.15) is 18.0 Å². The van der Waals surface area contributed by atoms with E-state index in [0.29, 0.717) is 0 Å². The summed E-state index contributed by atoms with van der Waals surface area (Å²) < 4.78 is 27.8. The average Bonchev–Trinajstić information content (AvgIpc) is 2.58. The van der Waals surface area contributed by atoms with E-state index in [1.165, 1.54) is 6.33 Å². The predicted octanol–water partition coefficient (Wildman–Crippen LogP) is 2.96. The van der Waals surface area contributed by atoms with E-state index >= 15 is 0 Å². The molecular formula is C8H3BrClF2N3. The molecule has 0 saturated heterocycles. The van der Waals surface area contributed by atoms with Gasteiger partial charge in [-0.25, -0.2) is 8.78 Å². The Balaban J connectivity index is 2.64. The molecule has 3 nitrogen and oxygen atoms in total. The van der Waals surface area contributed by atoms with Gasteiger partial charge < -0.3 is 0 Å². The van der Waals surface area contributed by atoms with E-state index < -0.39 is 11.6 Å². The van der Waals surface area contributed by atoms with Crippen LogP contribution in [0.3, 0.4) is 0 Å². The lowest BCUT2D eigenvalue weighted by atomic mass is 10.3. The highest BCUT2D eigenvalue weighted by Crippen LogP contribution is 2.23. The van der Waals surface area contributed by atoms with Crippen LogP contribution in [-0.4, -0.2) is 14.8 Å². The van der Waals surface area contributed by atoms with Crippen molar-refractivity contribution in [2.45, 2.75) is 0 Å². The van der Waals surface area contributed by atoms with E-state index in [4.69, 9.17) is 11.6 Å². The number of halogens is 4. The summed E-state index contributed by atoms with van der Waals surface area (Å²) in [6.07, 6.45) is 1.20. The minimum absolute atomic E-state index is 0.0318. The molecule has 0 aliphatic heterocycles. The molecule has 0 aliphatic rings. The highest BCUT2D eigenvalue weighted by atomic mass is 79.9. The zero-order valence-electron chi connectivity index (χ0n) is 7.09. The summed E-state index contributed by atoms with van der Waals surface area (Å²) in [5.41, 5.74) is -0.0364. The van der Waals surface area contributed by atoms with Gasteiger partial charge >= 0.3 is 0 Å². The standard InChI is InChI=1S/C8H3BrClF2N3/c9-4-1-6(12)7(2-5(4)11)15-3-13-14-8(15)10/h1-3H. The molecule has 0 radical (unpaired) electrons. The lowest BCUT2D eigenvalue weighted by Crippen LogP contribution is -1.98. The van der Waals surface area contributed by atoms with Gasteiger partial charge in [-0.15, -0.1) is 10.2 Å². The lowest BCUT2D eigenvalue weighted by Gasteiger charge is -2.05. The summed E-state index contributed by atoms with van der Waals surface area (Å²) in [4.78, 5) is 0. The Kier molecular flexibility index (Phi) is 2.70. The highest BCUT2D eigenvalue weighted by Gasteiger charge is 2.12. The van der Waals surface area contributed by atoms with Crippen LogP contribution in [0.5, 0.6) is 0 Å². The summed E-state index contributed by atoms with van der Waals surface area (Å²) in [5.74, 6) is -1.21. The van der Waals surface area contributed by atoms with Crippen LogP contribution in [0.25, 0.3) is 5.69 Å². The molecule has 2 rings (SSSR count). The smallest absolute Gasteiger partial charge is 0.229 e. The number of benzene rings is 1. The van der Waals surface area contributed by atoms with Gasteiger partial charge in [0.05, 0.1) is 10.2 Å². The molecule has 2 aromatic rings. The van der Waals surface area contributed by atoms with Crippen LogP contribution in [0.2, 0.25) is 5.28 Å². The molecule has 0 bridgehead atoms. The Hall–Kier alpha value is -1.01. The van der Waals surface area contributed by atoms with Gasteiger partial charge in [0.25, 0.3) is 0 Å². The second kappa shape index (κ2) is 3.86. The first kappa shape index (κ1) is 10.5. The Labute approximate surface area is 96.8 Å². The summed E-state index contributed by atoms with van der Waals surface area (Å²) in [5, 5.41) is 6.90. The fourth-order valence-corrected chi connectivity index (χ4v) is 1.57. The van der Waals surface area contributed by atoms with Crippen molar-refractivity contribution in [3.8, 4) is 5.69 Å². The maximum atomic E-state index is 13.4. The molecule has 0 aliphatic carbocycles. The summed E-state index contributed by atoms with van der Waals surface area (Å²) >= 11 is 8.50. The van der Waals surface area contributed by atoms with Gasteiger partial charge in [-0.3, -0.25) is 4.57 Å². The van der Waals surface area contributed by atoms with E-state index in [0.717, 1.165) is 16.7 Å². The third-order valence-corrected chi connectivity index (χ3v) is 2.62. The van der Waals surface area contributed by atoms with Gasteiger partial charge in [0.15, 0.2) is 0 Å². The van der Waals surface area contributed by atoms with Crippen molar-refractivity contribution in [3.63, 3.8) is 0 Å². The molecule has 78 valence electrons. The van der Waals surface area contributed by atoms with Crippen molar-refractivity contribution in [1.82, 2.24) is 14.8 Å². The lowest BCUT2D eigenvalue weighted by molar-refractivity contribution is 0.587. The van der Waals surface area contributed by atoms with Crippen LogP contribution in [0, 0.1) is 11.6 Å². The van der Waals surface area contributed by atoms with Crippen molar-refractivity contribution in [2.24, 2.45) is 0 Å².